The normalized spacial score (nSPS) is 29.8. The largest absolute Gasteiger partial charge is 0.326 e. The number of carbonyl (C=O) groups is 3. The molecular formula is C17H14ClN3O4. The Morgan fingerprint density at radius 2 is 1.68 bits per heavy atom. The van der Waals surface area contributed by atoms with Crippen molar-refractivity contribution in [1.29, 1.82) is 0 Å². The van der Waals surface area contributed by atoms with Crippen molar-refractivity contribution in [2.75, 3.05) is 6.54 Å². The van der Waals surface area contributed by atoms with Gasteiger partial charge in [-0.15, -0.1) is 0 Å². The number of nitrogens with one attached hydrogen (secondary N) is 1. The summed E-state index contributed by atoms with van der Waals surface area (Å²) in [5.74, 6) is -2.20. The number of pyridine rings is 1. The molecule has 0 aromatic carbocycles. The lowest BCUT2D eigenvalue weighted by atomic mass is 9.91. The van der Waals surface area contributed by atoms with Crippen molar-refractivity contribution in [2.24, 2.45) is 11.8 Å². The zero-order valence-corrected chi connectivity index (χ0v) is 14.0. The number of likely N-dealkylation sites (tertiary alicyclic amines) is 1. The lowest BCUT2D eigenvalue weighted by molar-refractivity contribution is -0.141. The fourth-order valence-electron chi connectivity index (χ4n) is 3.67. The number of hydrogen-bond donors (Lipinski definition) is 1. The molecule has 7 nitrogen and oxygen atoms in total. The number of aromatic nitrogens is 1. The predicted octanol–water partition coefficient (Wildman–Crippen LogP) is 0.645. The van der Waals surface area contributed by atoms with Crippen LogP contribution < -0.4 is 10.9 Å². The van der Waals surface area contributed by atoms with E-state index in [-0.39, 0.29) is 29.1 Å². The average Bonchev–Trinajstić information content (AvgIpc) is 2.98. The van der Waals surface area contributed by atoms with Gasteiger partial charge in [0.1, 0.15) is 16.4 Å². The summed E-state index contributed by atoms with van der Waals surface area (Å²) in [6, 6.07) is 2.81. The maximum absolute atomic E-state index is 12.6. The minimum atomic E-state index is -1.25. The van der Waals surface area contributed by atoms with Crippen LogP contribution in [0.1, 0.15) is 17.4 Å². The van der Waals surface area contributed by atoms with Gasteiger partial charge in [-0.3, -0.25) is 28.6 Å². The van der Waals surface area contributed by atoms with Crippen molar-refractivity contribution in [3.8, 4) is 0 Å². The third-order valence-corrected chi connectivity index (χ3v) is 5.14. The first-order chi connectivity index (χ1) is 11.8. The predicted molar refractivity (Wildman–Crippen MR) is 88.8 cm³/mol. The van der Waals surface area contributed by atoms with Crippen molar-refractivity contribution < 1.29 is 14.4 Å². The molecule has 8 heteroatoms. The van der Waals surface area contributed by atoms with Crippen LogP contribution in [0.15, 0.2) is 41.2 Å². The third-order valence-electron chi connectivity index (χ3n) is 4.85. The van der Waals surface area contributed by atoms with Crippen molar-refractivity contribution in [2.45, 2.75) is 12.6 Å². The number of amides is 3. The second-order valence-corrected chi connectivity index (χ2v) is 6.93. The number of imide groups is 1. The summed E-state index contributed by atoms with van der Waals surface area (Å²) < 4.78 is 1.21. The summed E-state index contributed by atoms with van der Waals surface area (Å²) in [5.41, 5.74) is -1.65. The van der Waals surface area contributed by atoms with Gasteiger partial charge in [0, 0.05) is 0 Å². The summed E-state index contributed by atoms with van der Waals surface area (Å²) in [4.78, 5) is 51.0. The van der Waals surface area contributed by atoms with Crippen molar-refractivity contribution in [3.63, 3.8) is 0 Å². The van der Waals surface area contributed by atoms with Gasteiger partial charge in [0.25, 0.3) is 11.5 Å². The van der Waals surface area contributed by atoms with Gasteiger partial charge < -0.3 is 5.32 Å². The smallest absolute Gasteiger partial charge is 0.271 e. The molecule has 3 unspecified atom stereocenters. The maximum atomic E-state index is 12.6. The fraction of sp³-hybridized carbons (Fsp3) is 0.294. The molecule has 3 heterocycles. The summed E-state index contributed by atoms with van der Waals surface area (Å²) >= 11 is 5.90. The number of hydrogen-bond acceptors (Lipinski definition) is 4. The first-order valence-electron chi connectivity index (χ1n) is 7.78. The van der Waals surface area contributed by atoms with E-state index >= 15 is 0 Å². The Kier molecular flexibility index (Phi) is 3.27. The molecule has 3 aliphatic rings. The highest BCUT2D eigenvalue weighted by Gasteiger charge is 2.50. The number of allylic oxidation sites excluding steroid dienone is 2. The molecule has 1 aromatic heterocycles. The van der Waals surface area contributed by atoms with E-state index in [0.717, 1.165) is 4.90 Å². The van der Waals surface area contributed by atoms with E-state index in [2.05, 4.69) is 5.32 Å². The summed E-state index contributed by atoms with van der Waals surface area (Å²) in [6.07, 6.45) is 6.85. The van der Waals surface area contributed by atoms with Crippen LogP contribution in [0.4, 0.5) is 0 Å². The minimum absolute atomic E-state index is 0.0370. The molecule has 128 valence electrons. The SMILES string of the molecule is CC1(CN2C(=O)C3C=CC=CC3C2=O)NC(=O)c2ccc(Cl)c(=O)n21. The van der Waals surface area contributed by atoms with Gasteiger partial charge in [-0.2, -0.15) is 0 Å². The molecule has 3 amide bonds. The van der Waals surface area contributed by atoms with Crippen molar-refractivity contribution >= 4 is 29.3 Å². The zero-order chi connectivity index (χ0) is 17.9. The lowest BCUT2D eigenvalue weighted by Gasteiger charge is -2.31. The van der Waals surface area contributed by atoms with Crippen molar-refractivity contribution in [3.05, 3.63) is 57.5 Å². The van der Waals surface area contributed by atoms with Crippen LogP contribution >= 0.6 is 11.6 Å². The molecule has 1 aromatic rings. The van der Waals surface area contributed by atoms with Gasteiger partial charge in [0.15, 0.2) is 0 Å². The van der Waals surface area contributed by atoms with E-state index in [4.69, 9.17) is 11.6 Å². The summed E-state index contributed by atoms with van der Waals surface area (Å²) in [7, 11) is 0. The monoisotopic (exact) mass is 359 g/mol. The topological polar surface area (TPSA) is 88.5 Å². The molecule has 0 bridgehead atoms. The first-order valence-corrected chi connectivity index (χ1v) is 8.16. The number of rotatable bonds is 2. The highest BCUT2D eigenvalue weighted by molar-refractivity contribution is 6.30. The van der Waals surface area contributed by atoms with Crippen LogP contribution in [0.5, 0.6) is 0 Å². The molecule has 1 saturated heterocycles. The molecule has 0 radical (unpaired) electrons. The Morgan fingerprint density at radius 3 is 2.28 bits per heavy atom. The summed E-state index contributed by atoms with van der Waals surface area (Å²) in [5, 5.41) is 2.66. The Morgan fingerprint density at radius 1 is 1.08 bits per heavy atom. The fourth-order valence-corrected chi connectivity index (χ4v) is 3.81. The van der Waals surface area contributed by atoms with Crippen LogP contribution in [0.3, 0.4) is 0 Å². The van der Waals surface area contributed by atoms with E-state index in [1.165, 1.54) is 16.7 Å². The van der Waals surface area contributed by atoms with Gasteiger partial charge in [-0.05, 0) is 19.1 Å². The molecule has 1 fully saturated rings. The van der Waals surface area contributed by atoms with Crippen LogP contribution in [0.25, 0.3) is 0 Å². The second-order valence-electron chi connectivity index (χ2n) is 6.52. The molecule has 2 aliphatic heterocycles. The second kappa shape index (κ2) is 5.16. The molecule has 0 spiro atoms. The van der Waals surface area contributed by atoms with E-state index in [0.29, 0.717) is 0 Å². The third kappa shape index (κ3) is 2.12. The van der Waals surface area contributed by atoms with E-state index in [1.54, 1.807) is 31.2 Å². The molecule has 4 rings (SSSR count). The number of nitrogens with zero attached hydrogens (tertiary/aromatic N) is 2. The Hall–Kier alpha value is -2.67. The van der Waals surface area contributed by atoms with Crippen LogP contribution in [0, 0.1) is 11.8 Å². The van der Waals surface area contributed by atoms with Crippen molar-refractivity contribution in [1.82, 2.24) is 14.8 Å². The highest BCUT2D eigenvalue weighted by atomic mass is 35.5. The Bertz CT molecular complexity index is 918. The van der Waals surface area contributed by atoms with E-state index in [1.807, 2.05) is 0 Å². The lowest BCUT2D eigenvalue weighted by Crippen LogP contribution is -2.54. The molecule has 1 N–H and O–H groups in total. The van der Waals surface area contributed by atoms with Gasteiger partial charge in [0.05, 0.1) is 18.4 Å². The first kappa shape index (κ1) is 15.8. The maximum Gasteiger partial charge on any atom is 0.271 e. The number of halogens is 1. The Labute approximate surface area is 147 Å². The van der Waals surface area contributed by atoms with Gasteiger partial charge in [0.2, 0.25) is 11.8 Å². The summed E-state index contributed by atoms with van der Waals surface area (Å²) in [6.45, 7) is 1.45. The van der Waals surface area contributed by atoms with Gasteiger partial charge >= 0.3 is 0 Å². The quantitative estimate of drug-likeness (QED) is 0.785. The van der Waals surface area contributed by atoms with E-state index < -0.39 is 29.0 Å². The van der Waals surface area contributed by atoms with Crippen LogP contribution in [-0.2, 0) is 15.3 Å². The molecular weight excluding hydrogens is 346 g/mol. The number of fused-ring (bicyclic) bond motifs is 2. The van der Waals surface area contributed by atoms with Crippen LogP contribution in [0.2, 0.25) is 5.02 Å². The molecule has 3 atom stereocenters. The minimum Gasteiger partial charge on any atom is -0.326 e. The Balaban J connectivity index is 1.74. The van der Waals surface area contributed by atoms with Gasteiger partial charge in [-0.25, -0.2) is 0 Å². The van der Waals surface area contributed by atoms with Gasteiger partial charge in [-0.1, -0.05) is 35.9 Å². The standard InChI is InChI=1S/C17H14ClN3O4/c1-17(19-13(22)12-7-6-11(18)16(25)21(12)17)8-20-14(23)9-4-2-3-5-10(9)15(20)24/h2-7,9-10H,8H2,1H3,(H,19,22). The molecule has 0 saturated carbocycles. The highest BCUT2D eigenvalue weighted by Crippen LogP contribution is 2.33. The molecule has 1 aliphatic carbocycles. The van der Waals surface area contributed by atoms with E-state index in [9.17, 15) is 19.2 Å². The van der Waals surface area contributed by atoms with Crippen LogP contribution in [-0.4, -0.2) is 33.7 Å². The zero-order valence-electron chi connectivity index (χ0n) is 13.2. The average molecular weight is 360 g/mol. The molecule has 25 heavy (non-hydrogen) atoms. The number of carbonyl (C=O) groups excluding carboxylic acids is 3.